The van der Waals surface area contributed by atoms with Crippen molar-refractivity contribution in [2.24, 2.45) is 34.5 Å². The lowest BCUT2D eigenvalue weighted by molar-refractivity contribution is -0.174. The predicted octanol–water partition coefficient (Wildman–Crippen LogP) is 4.08. The van der Waals surface area contributed by atoms with Gasteiger partial charge in [-0.1, -0.05) is 25.5 Å². The highest BCUT2D eigenvalue weighted by molar-refractivity contribution is 6.17. The first-order valence-electron chi connectivity index (χ1n) is 9.34. The maximum Gasteiger partial charge on any atom is 0.205 e. The zero-order valence-corrected chi connectivity index (χ0v) is 15.4. The molecule has 0 N–H and O–H groups in total. The Hall–Kier alpha value is -1.38. The SMILES string of the molecule is COC1=C(C)C(=O)[C@@]23[C@@H]4C=C(C)C[C@]2(C1=O)[C@@H](C)CC[C@@H]3[C@@H](C)C4. The van der Waals surface area contributed by atoms with Crippen molar-refractivity contribution in [3.63, 3.8) is 0 Å². The number of ether oxygens (including phenoxy) is 1. The van der Waals surface area contributed by atoms with E-state index in [0.717, 1.165) is 25.7 Å². The largest absolute Gasteiger partial charge is 0.493 e. The standard InChI is InChI=1S/C21H28O3/c1-11-8-15-9-12(2)16-7-6-13(3)20(10-11)19(23)17(24-5)14(4)18(22)21(15,16)20/h8,12-13,15-16H,6-7,9-10H2,1-5H3/t12-,13-,15+,16+,20+,21-/m0/s1. The monoisotopic (exact) mass is 328 g/mol. The maximum absolute atomic E-state index is 13.8. The smallest absolute Gasteiger partial charge is 0.205 e. The van der Waals surface area contributed by atoms with Crippen molar-refractivity contribution >= 4 is 11.6 Å². The van der Waals surface area contributed by atoms with E-state index in [1.54, 1.807) is 6.92 Å². The van der Waals surface area contributed by atoms with E-state index in [9.17, 15) is 9.59 Å². The quantitative estimate of drug-likeness (QED) is 0.681. The Morgan fingerprint density at radius 1 is 1.12 bits per heavy atom. The van der Waals surface area contributed by atoms with Crippen LogP contribution in [0.1, 0.15) is 53.4 Å². The molecule has 0 radical (unpaired) electrons. The first-order valence-corrected chi connectivity index (χ1v) is 9.34. The average molecular weight is 328 g/mol. The lowest BCUT2D eigenvalue weighted by Gasteiger charge is -2.62. The maximum atomic E-state index is 13.8. The summed E-state index contributed by atoms with van der Waals surface area (Å²) in [4.78, 5) is 27.5. The van der Waals surface area contributed by atoms with Gasteiger partial charge in [-0.15, -0.1) is 0 Å². The Morgan fingerprint density at radius 2 is 1.83 bits per heavy atom. The molecule has 2 fully saturated rings. The lowest BCUT2D eigenvalue weighted by Crippen LogP contribution is -2.67. The summed E-state index contributed by atoms with van der Waals surface area (Å²) in [5, 5.41) is 0. The van der Waals surface area contributed by atoms with Gasteiger partial charge in [-0.2, -0.15) is 0 Å². The number of Topliss-reactive ketones (excluding diaryl/α,β-unsaturated/α-hetero) is 2. The van der Waals surface area contributed by atoms with Crippen LogP contribution in [0, 0.1) is 34.5 Å². The zero-order chi connectivity index (χ0) is 17.4. The summed E-state index contributed by atoms with van der Waals surface area (Å²) in [6.45, 7) is 8.40. The number of hydrogen-bond acceptors (Lipinski definition) is 3. The van der Waals surface area contributed by atoms with E-state index in [0.29, 0.717) is 23.2 Å². The Labute approximate surface area is 144 Å². The number of hydrogen-bond donors (Lipinski definition) is 0. The van der Waals surface area contributed by atoms with Gasteiger partial charge in [-0.25, -0.2) is 0 Å². The van der Waals surface area contributed by atoms with Crippen LogP contribution in [0.4, 0.5) is 0 Å². The van der Waals surface area contributed by atoms with Crippen molar-refractivity contribution in [2.45, 2.75) is 53.4 Å². The van der Waals surface area contributed by atoms with E-state index in [2.05, 4.69) is 26.8 Å². The molecule has 0 aromatic rings. The lowest BCUT2D eigenvalue weighted by atomic mass is 9.38. The number of carbonyl (C=O) groups is 2. The molecule has 3 nitrogen and oxygen atoms in total. The van der Waals surface area contributed by atoms with Crippen LogP contribution in [0.15, 0.2) is 23.0 Å². The highest BCUT2D eigenvalue weighted by atomic mass is 16.5. The first kappa shape index (κ1) is 16.1. The van der Waals surface area contributed by atoms with Gasteiger partial charge in [0.2, 0.25) is 5.78 Å². The molecule has 2 saturated carbocycles. The molecular weight excluding hydrogens is 300 g/mol. The van der Waals surface area contributed by atoms with Crippen molar-refractivity contribution in [2.75, 3.05) is 7.11 Å². The van der Waals surface area contributed by atoms with Crippen LogP contribution in [0.25, 0.3) is 0 Å². The molecule has 4 rings (SSSR count). The second kappa shape index (κ2) is 4.83. The minimum absolute atomic E-state index is 0.103. The van der Waals surface area contributed by atoms with Crippen molar-refractivity contribution < 1.29 is 14.3 Å². The van der Waals surface area contributed by atoms with Gasteiger partial charge in [0, 0.05) is 5.57 Å². The molecule has 0 heterocycles. The minimum atomic E-state index is -0.591. The van der Waals surface area contributed by atoms with E-state index in [1.807, 2.05) is 0 Å². The van der Waals surface area contributed by atoms with Crippen molar-refractivity contribution in [1.29, 1.82) is 0 Å². The first-order chi connectivity index (χ1) is 11.3. The van der Waals surface area contributed by atoms with Crippen molar-refractivity contribution in [3.05, 3.63) is 23.0 Å². The summed E-state index contributed by atoms with van der Waals surface area (Å²) in [6, 6.07) is 0. The number of methoxy groups -OCH3 is 1. The zero-order valence-electron chi connectivity index (χ0n) is 15.4. The predicted molar refractivity (Wildman–Crippen MR) is 92.1 cm³/mol. The Kier molecular flexibility index (Phi) is 3.24. The summed E-state index contributed by atoms with van der Waals surface area (Å²) in [7, 11) is 1.53. The highest BCUT2D eigenvalue weighted by Gasteiger charge is 2.76. The third-order valence-electron chi connectivity index (χ3n) is 7.89. The van der Waals surface area contributed by atoms with Crippen LogP contribution in [0.2, 0.25) is 0 Å². The molecular formula is C21H28O3. The van der Waals surface area contributed by atoms with Crippen molar-refractivity contribution in [1.82, 2.24) is 0 Å². The van der Waals surface area contributed by atoms with E-state index in [-0.39, 0.29) is 23.4 Å². The van der Waals surface area contributed by atoms with Crippen LogP contribution in [-0.4, -0.2) is 18.7 Å². The molecule has 0 unspecified atom stereocenters. The molecule has 4 aliphatic carbocycles. The van der Waals surface area contributed by atoms with Crippen molar-refractivity contribution in [3.8, 4) is 0 Å². The van der Waals surface area contributed by atoms with E-state index in [4.69, 9.17) is 4.74 Å². The van der Waals surface area contributed by atoms with Crippen LogP contribution in [0.5, 0.6) is 0 Å². The van der Waals surface area contributed by atoms with Gasteiger partial charge < -0.3 is 4.74 Å². The summed E-state index contributed by atoms with van der Waals surface area (Å²) in [6.07, 6.45) is 6.18. The van der Waals surface area contributed by atoms with Gasteiger partial charge >= 0.3 is 0 Å². The van der Waals surface area contributed by atoms with Crippen LogP contribution < -0.4 is 0 Å². The minimum Gasteiger partial charge on any atom is -0.493 e. The summed E-state index contributed by atoms with van der Waals surface area (Å²) in [5.41, 5.74) is 0.719. The molecule has 1 spiro atoms. The normalized spacial score (nSPS) is 47.3. The molecule has 4 aliphatic rings. The van der Waals surface area contributed by atoms with Crippen LogP contribution in [-0.2, 0) is 14.3 Å². The molecule has 0 aromatic carbocycles. The third kappa shape index (κ3) is 1.46. The van der Waals surface area contributed by atoms with Gasteiger partial charge in [-0.3, -0.25) is 9.59 Å². The number of allylic oxidation sites excluding steroid dienone is 4. The van der Waals surface area contributed by atoms with Gasteiger partial charge in [0.05, 0.1) is 17.9 Å². The summed E-state index contributed by atoms with van der Waals surface area (Å²) >= 11 is 0. The van der Waals surface area contributed by atoms with E-state index < -0.39 is 10.8 Å². The molecule has 24 heavy (non-hydrogen) atoms. The van der Waals surface area contributed by atoms with Crippen LogP contribution >= 0.6 is 0 Å². The number of carbonyl (C=O) groups excluding carboxylic acids is 2. The fraction of sp³-hybridized carbons (Fsp3) is 0.714. The fourth-order valence-electron chi connectivity index (χ4n) is 7.16. The average Bonchev–Trinajstić information content (AvgIpc) is 2.82. The Morgan fingerprint density at radius 3 is 2.50 bits per heavy atom. The van der Waals surface area contributed by atoms with Gasteiger partial charge in [0.15, 0.2) is 11.5 Å². The molecule has 0 bridgehead atoms. The topological polar surface area (TPSA) is 43.4 Å². The highest BCUT2D eigenvalue weighted by Crippen LogP contribution is 2.74. The van der Waals surface area contributed by atoms with Gasteiger partial charge in [0.25, 0.3) is 0 Å². The fourth-order valence-corrected chi connectivity index (χ4v) is 7.16. The molecule has 130 valence electrons. The van der Waals surface area contributed by atoms with E-state index in [1.165, 1.54) is 12.7 Å². The second-order valence-electron chi connectivity index (χ2n) is 8.75. The number of rotatable bonds is 1. The molecule has 0 aromatic heterocycles. The van der Waals surface area contributed by atoms with E-state index >= 15 is 0 Å². The molecule has 0 saturated heterocycles. The summed E-state index contributed by atoms with van der Waals surface area (Å²) in [5.74, 6) is 1.88. The second-order valence-corrected chi connectivity index (χ2v) is 8.75. The Balaban J connectivity index is 2.09. The molecule has 0 aliphatic heterocycles. The molecule has 6 atom stereocenters. The van der Waals surface area contributed by atoms with Crippen LogP contribution in [0.3, 0.4) is 0 Å². The Bertz CT molecular complexity index is 700. The molecule has 3 heteroatoms. The third-order valence-corrected chi connectivity index (χ3v) is 7.89. The summed E-state index contributed by atoms with van der Waals surface area (Å²) < 4.78 is 5.47. The molecule has 0 amide bonds. The van der Waals surface area contributed by atoms with Gasteiger partial charge in [-0.05, 0) is 63.2 Å². The number of ketones is 2. The van der Waals surface area contributed by atoms with Gasteiger partial charge in [0.1, 0.15) is 0 Å².